The lowest BCUT2D eigenvalue weighted by molar-refractivity contribution is 0.0645. The fraction of sp³-hybridized carbons (Fsp3) is 0.500. The van der Waals surface area contributed by atoms with E-state index in [9.17, 15) is 9.90 Å². The van der Waals surface area contributed by atoms with Gasteiger partial charge in [-0.2, -0.15) is 0 Å². The van der Waals surface area contributed by atoms with Crippen molar-refractivity contribution in [1.82, 2.24) is 9.88 Å². The molecule has 2 rings (SSSR count). The SMILES string of the molecule is CN(CC(O)C1CC1)C(=O)c1cc(Cl)nc(Cl)c1. The summed E-state index contributed by atoms with van der Waals surface area (Å²) in [6.07, 6.45) is 1.62. The summed E-state index contributed by atoms with van der Waals surface area (Å²) in [4.78, 5) is 17.4. The van der Waals surface area contributed by atoms with Gasteiger partial charge >= 0.3 is 0 Å². The van der Waals surface area contributed by atoms with Crippen LogP contribution < -0.4 is 0 Å². The number of aliphatic hydroxyl groups is 1. The van der Waals surface area contributed by atoms with Crippen LogP contribution >= 0.6 is 23.2 Å². The molecular formula is C12H14Cl2N2O2. The first kappa shape index (κ1) is 13.6. The Kier molecular flexibility index (Phi) is 4.10. The second-order valence-corrected chi connectivity index (χ2v) is 5.37. The number of aliphatic hydroxyl groups excluding tert-OH is 1. The Balaban J connectivity index is 2.04. The van der Waals surface area contributed by atoms with Crippen molar-refractivity contribution in [3.63, 3.8) is 0 Å². The zero-order valence-corrected chi connectivity index (χ0v) is 11.4. The summed E-state index contributed by atoms with van der Waals surface area (Å²) in [6.45, 7) is 0.320. The van der Waals surface area contributed by atoms with Gasteiger partial charge in [0.15, 0.2) is 0 Å². The topological polar surface area (TPSA) is 53.4 Å². The molecule has 1 saturated carbocycles. The van der Waals surface area contributed by atoms with Gasteiger partial charge in [0, 0.05) is 19.2 Å². The number of aromatic nitrogens is 1. The molecular weight excluding hydrogens is 275 g/mol. The number of rotatable bonds is 4. The van der Waals surface area contributed by atoms with Crippen molar-refractivity contribution in [2.24, 2.45) is 5.92 Å². The van der Waals surface area contributed by atoms with E-state index >= 15 is 0 Å². The van der Waals surface area contributed by atoms with Crippen LogP contribution in [0.2, 0.25) is 10.3 Å². The summed E-state index contributed by atoms with van der Waals surface area (Å²) in [6, 6.07) is 2.94. The van der Waals surface area contributed by atoms with Crippen LogP contribution in [0.4, 0.5) is 0 Å². The van der Waals surface area contributed by atoms with Gasteiger partial charge in [-0.3, -0.25) is 4.79 Å². The molecule has 1 amide bonds. The summed E-state index contributed by atoms with van der Waals surface area (Å²) in [7, 11) is 1.65. The van der Waals surface area contributed by atoms with Crippen LogP contribution in [0.1, 0.15) is 23.2 Å². The summed E-state index contributed by atoms with van der Waals surface area (Å²) in [5.41, 5.74) is 0.380. The molecule has 0 saturated heterocycles. The minimum absolute atomic E-state index is 0.182. The molecule has 1 unspecified atom stereocenters. The Morgan fingerprint density at radius 3 is 2.56 bits per heavy atom. The highest BCUT2D eigenvalue weighted by atomic mass is 35.5. The normalized spacial score (nSPS) is 16.4. The fourth-order valence-electron chi connectivity index (χ4n) is 1.80. The summed E-state index contributed by atoms with van der Waals surface area (Å²) < 4.78 is 0. The van der Waals surface area contributed by atoms with Crippen molar-refractivity contribution >= 4 is 29.1 Å². The molecule has 0 aliphatic heterocycles. The van der Waals surface area contributed by atoms with E-state index in [-0.39, 0.29) is 16.2 Å². The number of carbonyl (C=O) groups is 1. The van der Waals surface area contributed by atoms with Crippen LogP contribution in [0.3, 0.4) is 0 Å². The molecule has 6 heteroatoms. The van der Waals surface area contributed by atoms with Gasteiger partial charge in [-0.05, 0) is 30.9 Å². The highest BCUT2D eigenvalue weighted by Crippen LogP contribution is 2.32. The lowest BCUT2D eigenvalue weighted by atomic mass is 10.2. The van der Waals surface area contributed by atoms with E-state index in [1.165, 1.54) is 17.0 Å². The summed E-state index contributed by atoms with van der Waals surface area (Å²) >= 11 is 11.5. The molecule has 4 nitrogen and oxygen atoms in total. The standard InChI is InChI=1S/C12H14Cl2N2O2/c1-16(6-9(17)7-2-3-7)12(18)8-4-10(13)15-11(14)5-8/h4-5,7,9,17H,2-3,6H2,1H3. The molecule has 0 spiro atoms. The van der Waals surface area contributed by atoms with E-state index < -0.39 is 6.10 Å². The Morgan fingerprint density at radius 1 is 1.50 bits per heavy atom. The van der Waals surface area contributed by atoms with Crippen LogP contribution in [0.15, 0.2) is 12.1 Å². The van der Waals surface area contributed by atoms with Crippen LogP contribution in [0.25, 0.3) is 0 Å². The van der Waals surface area contributed by atoms with Crippen molar-refractivity contribution in [1.29, 1.82) is 0 Å². The first-order valence-electron chi connectivity index (χ1n) is 5.74. The molecule has 1 aromatic rings. The van der Waals surface area contributed by atoms with Gasteiger partial charge in [-0.15, -0.1) is 0 Å². The number of carbonyl (C=O) groups excluding carboxylic acids is 1. The highest BCUT2D eigenvalue weighted by molar-refractivity contribution is 6.33. The molecule has 1 N–H and O–H groups in total. The monoisotopic (exact) mass is 288 g/mol. The molecule has 1 heterocycles. The van der Waals surface area contributed by atoms with Crippen LogP contribution in [-0.2, 0) is 0 Å². The Morgan fingerprint density at radius 2 is 2.06 bits per heavy atom. The largest absolute Gasteiger partial charge is 0.391 e. The summed E-state index contributed by atoms with van der Waals surface area (Å²) in [5.74, 6) is 0.116. The Hall–Kier alpha value is -0.840. The van der Waals surface area contributed by atoms with Gasteiger partial charge in [-0.1, -0.05) is 23.2 Å². The third-order valence-corrected chi connectivity index (χ3v) is 3.37. The Bertz CT molecular complexity index is 443. The molecule has 1 aliphatic carbocycles. The van der Waals surface area contributed by atoms with Crippen molar-refractivity contribution in [3.8, 4) is 0 Å². The van der Waals surface area contributed by atoms with Gasteiger partial charge in [-0.25, -0.2) is 4.98 Å². The average molecular weight is 289 g/mol. The average Bonchev–Trinajstić information content (AvgIpc) is 3.10. The first-order chi connectivity index (χ1) is 8.47. The zero-order valence-electron chi connectivity index (χ0n) is 9.94. The minimum Gasteiger partial charge on any atom is -0.391 e. The molecule has 1 atom stereocenters. The fourth-order valence-corrected chi connectivity index (χ4v) is 2.26. The van der Waals surface area contributed by atoms with Crippen molar-refractivity contribution in [2.75, 3.05) is 13.6 Å². The van der Waals surface area contributed by atoms with Crippen molar-refractivity contribution < 1.29 is 9.90 Å². The number of nitrogens with zero attached hydrogens (tertiary/aromatic N) is 2. The third-order valence-electron chi connectivity index (χ3n) is 2.98. The van der Waals surface area contributed by atoms with Gasteiger partial charge in [0.25, 0.3) is 5.91 Å². The molecule has 0 bridgehead atoms. The van der Waals surface area contributed by atoms with E-state index in [1.54, 1.807) is 7.05 Å². The van der Waals surface area contributed by atoms with Gasteiger partial charge in [0.2, 0.25) is 0 Å². The van der Waals surface area contributed by atoms with Crippen molar-refractivity contribution in [2.45, 2.75) is 18.9 Å². The predicted molar refractivity (Wildman–Crippen MR) is 69.9 cm³/mol. The molecule has 1 aromatic heterocycles. The van der Waals surface area contributed by atoms with E-state index in [2.05, 4.69) is 4.98 Å². The van der Waals surface area contributed by atoms with Crippen molar-refractivity contribution in [3.05, 3.63) is 28.0 Å². The number of amides is 1. The van der Waals surface area contributed by atoms with E-state index in [0.717, 1.165) is 12.8 Å². The number of likely N-dealkylation sites (N-methyl/N-ethyl adjacent to an activating group) is 1. The molecule has 1 aliphatic rings. The maximum Gasteiger partial charge on any atom is 0.253 e. The summed E-state index contributed by atoms with van der Waals surface area (Å²) in [5, 5.41) is 10.2. The van der Waals surface area contributed by atoms with Crippen LogP contribution in [0, 0.1) is 5.92 Å². The number of pyridine rings is 1. The smallest absolute Gasteiger partial charge is 0.253 e. The minimum atomic E-state index is -0.452. The first-order valence-corrected chi connectivity index (χ1v) is 6.49. The lowest BCUT2D eigenvalue weighted by Crippen LogP contribution is -2.35. The Labute approximate surface area is 116 Å². The molecule has 0 radical (unpaired) electrons. The van der Waals surface area contributed by atoms with E-state index in [0.29, 0.717) is 18.0 Å². The number of halogens is 2. The van der Waals surface area contributed by atoms with Gasteiger partial charge < -0.3 is 10.0 Å². The second-order valence-electron chi connectivity index (χ2n) is 4.59. The maximum atomic E-state index is 12.1. The van der Waals surface area contributed by atoms with Crippen LogP contribution in [-0.4, -0.2) is 40.6 Å². The van der Waals surface area contributed by atoms with Crippen LogP contribution in [0.5, 0.6) is 0 Å². The molecule has 1 fully saturated rings. The quantitative estimate of drug-likeness (QED) is 0.865. The van der Waals surface area contributed by atoms with Gasteiger partial charge in [0.05, 0.1) is 6.10 Å². The molecule has 18 heavy (non-hydrogen) atoms. The maximum absolute atomic E-state index is 12.1. The highest BCUT2D eigenvalue weighted by Gasteiger charge is 2.31. The van der Waals surface area contributed by atoms with E-state index in [1.807, 2.05) is 0 Å². The third kappa shape index (κ3) is 3.34. The zero-order chi connectivity index (χ0) is 13.3. The predicted octanol–water partition coefficient (Wildman–Crippen LogP) is 2.23. The number of hydrogen-bond donors (Lipinski definition) is 1. The number of hydrogen-bond acceptors (Lipinski definition) is 3. The molecule has 0 aromatic carbocycles. The molecule has 98 valence electrons. The second kappa shape index (κ2) is 5.43. The van der Waals surface area contributed by atoms with Gasteiger partial charge in [0.1, 0.15) is 10.3 Å². The lowest BCUT2D eigenvalue weighted by Gasteiger charge is -2.20. The van der Waals surface area contributed by atoms with E-state index in [4.69, 9.17) is 23.2 Å².